The van der Waals surface area contributed by atoms with E-state index >= 15 is 0 Å². The highest BCUT2D eigenvalue weighted by Crippen LogP contribution is 2.25. The first-order valence-corrected chi connectivity index (χ1v) is 8.73. The first-order valence-electron chi connectivity index (χ1n) is 7.34. The van der Waals surface area contributed by atoms with Crippen molar-refractivity contribution >= 4 is 41.7 Å². The molecule has 1 aromatic rings. The summed E-state index contributed by atoms with van der Waals surface area (Å²) in [4.78, 5) is 14.5. The van der Waals surface area contributed by atoms with Gasteiger partial charge in [0.05, 0.1) is 16.1 Å². The van der Waals surface area contributed by atoms with Gasteiger partial charge >= 0.3 is 0 Å². The average molecular weight is 362 g/mol. The van der Waals surface area contributed by atoms with Gasteiger partial charge in [0.15, 0.2) is 0 Å². The number of halogens is 2. The van der Waals surface area contributed by atoms with Gasteiger partial charge in [-0.1, -0.05) is 35.3 Å². The number of nitrogens with two attached hydrogens (primary N) is 1. The van der Waals surface area contributed by atoms with Gasteiger partial charge in [0.2, 0.25) is 5.91 Å². The van der Waals surface area contributed by atoms with Gasteiger partial charge in [-0.3, -0.25) is 9.69 Å². The summed E-state index contributed by atoms with van der Waals surface area (Å²) < 4.78 is 0. The summed E-state index contributed by atoms with van der Waals surface area (Å²) in [5.41, 5.74) is 6.75. The highest BCUT2D eigenvalue weighted by atomic mass is 35.5. The molecule has 0 saturated carbocycles. The second-order valence-electron chi connectivity index (χ2n) is 5.53. The Balaban J connectivity index is 1.92. The van der Waals surface area contributed by atoms with Gasteiger partial charge in [-0.25, -0.2) is 0 Å². The number of rotatable bonds is 6. The molecule has 1 aliphatic heterocycles. The van der Waals surface area contributed by atoms with Crippen molar-refractivity contribution in [1.82, 2.24) is 10.2 Å². The molecule has 7 heteroatoms. The van der Waals surface area contributed by atoms with Crippen LogP contribution in [0.15, 0.2) is 18.2 Å². The van der Waals surface area contributed by atoms with Crippen LogP contribution in [0.2, 0.25) is 10.0 Å². The second-order valence-corrected chi connectivity index (χ2v) is 6.68. The molecule has 1 heterocycles. The van der Waals surface area contributed by atoms with Crippen LogP contribution in [-0.2, 0) is 11.3 Å². The number of carbonyl (C=O) groups excluding carboxylic acids is 1. The van der Waals surface area contributed by atoms with E-state index in [1.807, 2.05) is 12.1 Å². The molecule has 1 fully saturated rings. The number of thiol groups is 1. The maximum atomic E-state index is 12.4. The molecule has 0 bridgehead atoms. The molecule has 0 aliphatic carbocycles. The average Bonchev–Trinajstić information content (AvgIpc) is 2.96. The lowest BCUT2D eigenvalue weighted by atomic mass is 10.1. The standard InChI is InChI=1S/C15H21Cl2N3OS/c16-12-4-1-3-10(14(12)17)7-19-15(21)13-5-2-6-20(13)8-11(18)9-22/h1,3-4,11,13,22H,2,5-9,18H2,(H,19,21)/t11-,13+/m1/s1. The van der Waals surface area contributed by atoms with Crippen molar-refractivity contribution in [2.45, 2.75) is 31.5 Å². The molecule has 2 atom stereocenters. The summed E-state index contributed by atoms with van der Waals surface area (Å²) in [5, 5.41) is 3.93. The van der Waals surface area contributed by atoms with Crippen molar-refractivity contribution in [3.05, 3.63) is 33.8 Å². The minimum atomic E-state index is -0.121. The van der Waals surface area contributed by atoms with Crippen molar-refractivity contribution in [2.24, 2.45) is 5.73 Å². The quantitative estimate of drug-likeness (QED) is 0.681. The molecule has 122 valence electrons. The van der Waals surface area contributed by atoms with Crippen LogP contribution in [0.5, 0.6) is 0 Å². The van der Waals surface area contributed by atoms with Crippen molar-refractivity contribution < 1.29 is 4.79 Å². The van der Waals surface area contributed by atoms with E-state index < -0.39 is 0 Å². The molecule has 3 N–H and O–H groups in total. The predicted molar refractivity (Wildman–Crippen MR) is 94.7 cm³/mol. The molecule has 4 nitrogen and oxygen atoms in total. The molecule has 22 heavy (non-hydrogen) atoms. The molecular weight excluding hydrogens is 341 g/mol. The number of nitrogens with zero attached hydrogens (tertiary/aromatic N) is 1. The van der Waals surface area contributed by atoms with Gasteiger partial charge in [0.1, 0.15) is 0 Å². The van der Waals surface area contributed by atoms with E-state index in [-0.39, 0.29) is 18.0 Å². The highest BCUT2D eigenvalue weighted by Gasteiger charge is 2.31. The summed E-state index contributed by atoms with van der Waals surface area (Å²) in [5.74, 6) is 0.628. The lowest BCUT2D eigenvalue weighted by Crippen LogP contribution is -2.47. The lowest BCUT2D eigenvalue weighted by Gasteiger charge is -2.26. The summed E-state index contributed by atoms with van der Waals surface area (Å²) in [6.07, 6.45) is 1.86. The first-order chi connectivity index (χ1) is 10.5. The molecule has 1 amide bonds. The third-order valence-electron chi connectivity index (χ3n) is 3.85. The van der Waals surface area contributed by atoms with Gasteiger partial charge in [0.25, 0.3) is 0 Å². The number of likely N-dealkylation sites (tertiary alicyclic amines) is 1. The Kier molecular flexibility index (Phi) is 6.84. The zero-order chi connectivity index (χ0) is 16.1. The van der Waals surface area contributed by atoms with Crippen LogP contribution in [-0.4, -0.2) is 41.7 Å². The third-order valence-corrected chi connectivity index (χ3v) is 5.18. The maximum absolute atomic E-state index is 12.4. The van der Waals surface area contributed by atoms with E-state index in [4.69, 9.17) is 28.9 Å². The van der Waals surface area contributed by atoms with E-state index in [0.717, 1.165) is 24.9 Å². The monoisotopic (exact) mass is 361 g/mol. The van der Waals surface area contributed by atoms with E-state index in [9.17, 15) is 4.79 Å². The Morgan fingerprint density at radius 1 is 1.50 bits per heavy atom. The minimum absolute atomic E-state index is 0.0138. The van der Waals surface area contributed by atoms with Crippen LogP contribution in [0.25, 0.3) is 0 Å². The molecule has 0 aromatic heterocycles. The molecule has 0 radical (unpaired) electrons. The van der Waals surface area contributed by atoms with Crippen LogP contribution in [0, 0.1) is 0 Å². The van der Waals surface area contributed by atoms with Crippen LogP contribution < -0.4 is 11.1 Å². The first kappa shape index (κ1) is 17.9. The smallest absolute Gasteiger partial charge is 0.237 e. The third kappa shape index (κ3) is 4.52. The second kappa shape index (κ2) is 8.41. The van der Waals surface area contributed by atoms with E-state index in [0.29, 0.717) is 28.9 Å². The van der Waals surface area contributed by atoms with Gasteiger partial charge in [0, 0.05) is 24.9 Å². The van der Waals surface area contributed by atoms with Crippen LogP contribution in [0.1, 0.15) is 18.4 Å². The van der Waals surface area contributed by atoms with Crippen LogP contribution in [0.4, 0.5) is 0 Å². The van der Waals surface area contributed by atoms with E-state index in [1.165, 1.54) is 0 Å². The molecular formula is C15H21Cl2N3OS. The summed E-state index contributed by atoms with van der Waals surface area (Å²) in [6.45, 7) is 1.97. The Bertz CT molecular complexity index is 530. The zero-order valence-electron chi connectivity index (χ0n) is 12.3. The van der Waals surface area contributed by atoms with Gasteiger partial charge < -0.3 is 11.1 Å². The summed E-state index contributed by atoms with van der Waals surface area (Å²) in [6, 6.07) is 5.27. The summed E-state index contributed by atoms with van der Waals surface area (Å²) in [7, 11) is 0. The molecule has 1 aliphatic rings. The predicted octanol–water partition coefficient (Wildman–Crippen LogP) is 2.33. The van der Waals surface area contributed by atoms with Gasteiger partial charge in [-0.2, -0.15) is 12.6 Å². The molecule has 0 unspecified atom stereocenters. The van der Waals surface area contributed by atoms with Crippen molar-refractivity contribution in [2.75, 3.05) is 18.8 Å². The number of carbonyl (C=O) groups is 1. The van der Waals surface area contributed by atoms with Crippen LogP contribution >= 0.6 is 35.8 Å². The number of hydrogen-bond donors (Lipinski definition) is 3. The van der Waals surface area contributed by atoms with Crippen LogP contribution in [0.3, 0.4) is 0 Å². The number of nitrogens with one attached hydrogen (secondary N) is 1. The fourth-order valence-electron chi connectivity index (χ4n) is 2.69. The fourth-order valence-corrected chi connectivity index (χ4v) is 3.19. The van der Waals surface area contributed by atoms with Crippen molar-refractivity contribution in [1.29, 1.82) is 0 Å². The molecule has 1 aromatic carbocycles. The Morgan fingerprint density at radius 2 is 2.27 bits per heavy atom. The van der Waals surface area contributed by atoms with Gasteiger partial charge in [-0.05, 0) is 31.0 Å². The number of hydrogen-bond acceptors (Lipinski definition) is 4. The van der Waals surface area contributed by atoms with Crippen molar-refractivity contribution in [3.63, 3.8) is 0 Å². The maximum Gasteiger partial charge on any atom is 0.237 e. The van der Waals surface area contributed by atoms with Gasteiger partial charge in [-0.15, -0.1) is 0 Å². The minimum Gasteiger partial charge on any atom is -0.351 e. The van der Waals surface area contributed by atoms with E-state index in [1.54, 1.807) is 6.07 Å². The number of amides is 1. The van der Waals surface area contributed by atoms with Crippen molar-refractivity contribution in [3.8, 4) is 0 Å². The zero-order valence-corrected chi connectivity index (χ0v) is 14.7. The lowest BCUT2D eigenvalue weighted by molar-refractivity contribution is -0.125. The fraction of sp³-hybridized carbons (Fsp3) is 0.533. The normalized spacial score (nSPS) is 20.1. The highest BCUT2D eigenvalue weighted by molar-refractivity contribution is 7.80. The Labute approximate surface area is 146 Å². The topological polar surface area (TPSA) is 58.4 Å². The van der Waals surface area contributed by atoms with E-state index in [2.05, 4.69) is 22.8 Å². The SMILES string of the molecule is N[C@@H](CS)CN1CCC[C@H]1C(=O)NCc1cccc(Cl)c1Cl. The molecule has 1 saturated heterocycles. The molecule has 2 rings (SSSR count). The Morgan fingerprint density at radius 3 is 3.00 bits per heavy atom. The largest absolute Gasteiger partial charge is 0.351 e. The Hall–Kier alpha value is -0.460. The number of benzene rings is 1. The molecule has 0 spiro atoms. The summed E-state index contributed by atoms with van der Waals surface area (Å²) >= 11 is 16.3.